The molecule has 5 heteroatoms. The largest absolute Gasteiger partial charge is 0.457 e. The molecule has 1 heterocycles. The number of fused-ring (bicyclic) bond motifs is 3. The Labute approximate surface area is 176 Å². The van der Waals surface area contributed by atoms with Gasteiger partial charge in [0.05, 0.1) is 12.1 Å². The highest BCUT2D eigenvalue weighted by Gasteiger charge is 2.30. The molecule has 4 rings (SSSR count). The third-order valence-electron chi connectivity index (χ3n) is 5.14. The average molecular weight is 403 g/mol. The molecule has 2 aromatic rings. The van der Waals surface area contributed by atoms with Crippen molar-refractivity contribution in [2.24, 2.45) is 0 Å². The zero-order valence-electron chi connectivity index (χ0n) is 17.4. The van der Waals surface area contributed by atoms with Gasteiger partial charge in [-0.15, -0.1) is 0 Å². The number of nitrogens with zero attached hydrogens (tertiary/aromatic N) is 1. The Hall–Kier alpha value is -3.34. The summed E-state index contributed by atoms with van der Waals surface area (Å²) in [7, 11) is 0. The molecule has 0 radical (unpaired) electrons. The van der Waals surface area contributed by atoms with Crippen LogP contribution in [0.1, 0.15) is 37.8 Å². The molecule has 0 atom stereocenters. The topological polar surface area (TPSA) is 55.8 Å². The van der Waals surface area contributed by atoms with E-state index >= 15 is 0 Å². The molecule has 0 fully saturated rings. The van der Waals surface area contributed by atoms with Gasteiger partial charge in [0.1, 0.15) is 12.2 Å². The summed E-state index contributed by atoms with van der Waals surface area (Å²) in [4.78, 5) is 26.4. The van der Waals surface area contributed by atoms with Gasteiger partial charge in [-0.1, -0.05) is 48.5 Å². The van der Waals surface area contributed by atoms with Crippen molar-refractivity contribution in [2.75, 3.05) is 13.2 Å². The summed E-state index contributed by atoms with van der Waals surface area (Å²) in [6.07, 6.45) is 4.46. The normalized spacial score (nSPS) is 15.3. The molecule has 0 N–H and O–H groups in total. The van der Waals surface area contributed by atoms with E-state index in [1.54, 1.807) is 18.4 Å². The van der Waals surface area contributed by atoms with Gasteiger partial charge in [0, 0.05) is 12.1 Å². The first-order valence-electron chi connectivity index (χ1n) is 10.1. The Balaban J connectivity index is 1.43. The Kier molecular flexibility index (Phi) is 5.20. The van der Waals surface area contributed by atoms with Crippen molar-refractivity contribution in [2.45, 2.75) is 32.3 Å². The molecule has 0 saturated heterocycles. The molecule has 1 aliphatic carbocycles. The number of carbonyl (C=O) groups is 2. The Morgan fingerprint density at radius 2 is 1.60 bits per heavy atom. The van der Waals surface area contributed by atoms with Crippen LogP contribution in [-0.4, -0.2) is 35.7 Å². The molecule has 30 heavy (non-hydrogen) atoms. The molecule has 0 bridgehead atoms. The van der Waals surface area contributed by atoms with Crippen LogP contribution in [0.3, 0.4) is 0 Å². The fourth-order valence-corrected chi connectivity index (χ4v) is 3.83. The maximum absolute atomic E-state index is 12.7. The van der Waals surface area contributed by atoms with Gasteiger partial charge in [-0.05, 0) is 55.2 Å². The highest BCUT2D eigenvalue weighted by Crippen LogP contribution is 2.44. The van der Waals surface area contributed by atoms with Crippen molar-refractivity contribution in [3.05, 3.63) is 83.6 Å². The molecular formula is C25H25NO4. The van der Waals surface area contributed by atoms with E-state index < -0.39 is 17.7 Å². The SMILES string of the molecule is CC(C)(C)OC(=O)C1=CC=CN(C(=O)OCC2c3ccccc3-c3ccccc32)C1. The lowest BCUT2D eigenvalue weighted by atomic mass is 9.98. The van der Waals surface area contributed by atoms with Gasteiger partial charge in [0.15, 0.2) is 0 Å². The summed E-state index contributed by atoms with van der Waals surface area (Å²) in [6.45, 7) is 5.80. The summed E-state index contributed by atoms with van der Waals surface area (Å²) in [5, 5.41) is 0. The number of allylic oxidation sites excluding steroid dienone is 2. The van der Waals surface area contributed by atoms with Crippen molar-refractivity contribution in [1.29, 1.82) is 0 Å². The van der Waals surface area contributed by atoms with Gasteiger partial charge in [-0.3, -0.25) is 4.90 Å². The lowest BCUT2D eigenvalue weighted by molar-refractivity contribution is -0.150. The van der Waals surface area contributed by atoms with Crippen LogP contribution in [0, 0.1) is 0 Å². The van der Waals surface area contributed by atoms with Crippen LogP contribution < -0.4 is 0 Å². The van der Waals surface area contributed by atoms with Gasteiger partial charge in [0.25, 0.3) is 0 Å². The Bertz CT molecular complexity index is 1000. The number of hydrogen-bond donors (Lipinski definition) is 0. The predicted octanol–water partition coefficient (Wildman–Crippen LogP) is 5.03. The van der Waals surface area contributed by atoms with E-state index in [0.717, 1.165) is 11.1 Å². The van der Waals surface area contributed by atoms with Gasteiger partial charge < -0.3 is 9.47 Å². The Morgan fingerprint density at radius 1 is 1.00 bits per heavy atom. The molecule has 0 unspecified atom stereocenters. The monoisotopic (exact) mass is 403 g/mol. The number of rotatable bonds is 3. The average Bonchev–Trinajstić information content (AvgIpc) is 3.05. The van der Waals surface area contributed by atoms with Gasteiger partial charge in [0.2, 0.25) is 0 Å². The van der Waals surface area contributed by atoms with E-state index in [1.807, 2.05) is 45.0 Å². The van der Waals surface area contributed by atoms with Crippen LogP contribution >= 0.6 is 0 Å². The minimum absolute atomic E-state index is 0.00371. The molecule has 1 aliphatic heterocycles. The highest BCUT2D eigenvalue weighted by molar-refractivity contribution is 5.91. The van der Waals surface area contributed by atoms with Crippen LogP contribution in [0.4, 0.5) is 4.79 Å². The summed E-state index contributed by atoms with van der Waals surface area (Å²) >= 11 is 0. The maximum Gasteiger partial charge on any atom is 0.414 e. The third kappa shape index (κ3) is 4.01. The van der Waals surface area contributed by atoms with Crippen molar-refractivity contribution < 1.29 is 19.1 Å². The van der Waals surface area contributed by atoms with E-state index in [2.05, 4.69) is 24.3 Å². The number of benzene rings is 2. The van der Waals surface area contributed by atoms with Gasteiger partial charge in [-0.25, -0.2) is 9.59 Å². The number of esters is 1. The van der Waals surface area contributed by atoms with Gasteiger partial charge >= 0.3 is 12.1 Å². The van der Waals surface area contributed by atoms with Crippen LogP contribution in [0.25, 0.3) is 11.1 Å². The van der Waals surface area contributed by atoms with E-state index in [1.165, 1.54) is 16.0 Å². The zero-order chi connectivity index (χ0) is 21.3. The number of amides is 1. The zero-order valence-corrected chi connectivity index (χ0v) is 17.4. The van der Waals surface area contributed by atoms with Crippen LogP contribution in [0.5, 0.6) is 0 Å². The van der Waals surface area contributed by atoms with Gasteiger partial charge in [-0.2, -0.15) is 0 Å². The van der Waals surface area contributed by atoms with E-state index in [9.17, 15) is 9.59 Å². The first-order chi connectivity index (χ1) is 14.3. The molecular weight excluding hydrogens is 378 g/mol. The summed E-state index contributed by atoms with van der Waals surface area (Å²) in [5.74, 6) is -0.431. The van der Waals surface area contributed by atoms with Crippen molar-refractivity contribution in [1.82, 2.24) is 4.90 Å². The standard InChI is InChI=1S/C25H25NO4/c1-25(2,3)30-23(27)17-9-8-14-26(15-17)24(28)29-16-22-20-12-6-4-10-18(20)19-11-5-7-13-21(19)22/h4-14,22H,15-16H2,1-3H3. The van der Waals surface area contributed by atoms with E-state index in [0.29, 0.717) is 5.57 Å². The van der Waals surface area contributed by atoms with Crippen molar-refractivity contribution in [3.63, 3.8) is 0 Å². The highest BCUT2D eigenvalue weighted by atomic mass is 16.6. The van der Waals surface area contributed by atoms with Crippen LogP contribution in [0.2, 0.25) is 0 Å². The first kappa shape index (κ1) is 20.0. The Morgan fingerprint density at radius 3 is 2.20 bits per heavy atom. The smallest absolute Gasteiger partial charge is 0.414 e. The molecule has 2 aromatic carbocycles. The van der Waals surface area contributed by atoms with E-state index in [4.69, 9.17) is 9.47 Å². The quantitative estimate of drug-likeness (QED) is 0.674. The van der Waals surface area contributed by atoms with Crippen LogP contribution in [0.15, 0.2) is 72.5 Å². The molecule has 1 amide bonds. The fraction of sp³-hybridized carbons (Fsp3) is 0.280. The summed E-state index contributed by atoms with van der Waals surface area (Å²) in [5.41, 5.74) is 4.52. The molecule has 0 saturated carbocycles. The van der Waals surface area contributed by atoms with Crippen LogP contribution in [-0.2, 0) is 14.3 Å². The number of carbonyl (C=O) groups excluding carboxylic acids is 2. The lowest BCUT2D eigenvalue weighted by Crippen LogP contribution is -2.34. The second-order valence-corrected chi connectivity index (χ2v) is 8.47. The molecule has 0 aromatic heterocycles. The molecule has 2 aliphatic rings. The number of hydrogen-bond acceptors (Lipinski definition) is 4. The second-order valence-electron chi connectivity index (χ2n) is 8.47. The van der Waals surface area contributed by atoms with E-state index in [-0.39, 0.29) is 19.1 Å². The minimum Gasteiger partial charge on any atom is -0.457 e. The van der Waals surface area contributed by atoms with Crippen molar-refractivity contribution in [3.8, 4) is 11.1 Å². The number of ether oxygens (including phenoxy) is 2. The molecule has 154 valence electrons. The summed E-state index contributed by atoms with van der Waals surface area (Å²) in [6, 6.07) is 16.4. The maximum atomic E-state index is 12.7. The fourth-order valence-electron chi connectivity index (χ4n) is 3.83. The second kappa shape index (κ2) is 7.82. The molecule has 0 spiro atoms. The third-order valence-corrected chi connectivity index (χ3v) is 5.14. The minimum atomic E-state index is -0.590. The molecule has 5 nitrogen and oxygen atoms in total. The summed E-state index contributed by atoms with van der Waals surface area (Å²) < 4.78 is 11.1. The lowest BCUT2D eigenvalue weighted by Gasteiger charge is -2.25. The predicted molar refractivity (Wildman–Crippen MR) is 115 cm³/mol. The first-order valence-corrected chi connectivity index (χ1v) is 10.1. The van der Waals surface area contributed by atoms with Crippen molar-refractivity contribution >= 4 is 12.1 Å².